The van der Waals surface area contributed by atoms with Crippen molar-refractivity contribution in [2.24, 2.45) is 0 Å². The highest BCUT2D eigenvalue weighted by Gasteiger charge is 2.27. The van der Waals surface area contributed by atoms with Crippen LogP contribution in [0.5, 0.6) is 0 Å². The summed E-state index contributed by atoms with van der Waals surface area (Å²) in [6.45, 7) is 4.70. The number of para-hydroxylation sites is 1. The van der Waals surface area contributed by atoms with Crippen LogP contribution in [0.25, 0.3) is 0 Å². The van der Waals surface area contributed by atoms with Crippen LogP contribution in [0.3, 0.4) is 0 Å². The third-order valence-electron chi connectivity index (χ3n) is 6.58. The lowest BCUT2D eigenvalue weighted by Crippen LogP contribution is -2.44. The second-order valence-corrected chi connectivity index (χ2v) is 9.22. The van der Waals surface area contributed by atoms with Crippen molar-refractivity contribution in [3.63, 3.8) is 0 Å². The molecule has 5 rings (SSSR count). The smallest absolute Gasteiger partial charge is 0.256 e. The number of aliphatic hydroxyl groups excluding tert-OH is 1. The van der Waals surface area contributed by atoms with Crippen LogP contribution in [0.2, 0.25) is 0 Å². The summed E-state index contributed by atoms with van der Waals surface area (Å²) in [5, 5.41) is 15.9. The van der Waals surface area contributed by atoms with E-state index in [1.165, 1.54) is 0 Å². The van der Waals surface area contributed by atoms with Crippen LogP contribution in [-0.2, 0) is 0 Å². The third-order valence-corrected chi connectivity index (χ3v) is 6.58. The van der Waals surface area contributed by atoms with E-state index in [4.69, 9.17) is 0 Å². The monoisotopic (exact) mass is 491 g/mol. The second kappa shape index (κ2) is 10.5. The Kier molecular flexibility index (Phi) is 6.97. The van der Waals surface area contributed by atoms with Gasteiger partial charge in [0.2, 0.25) is 5.95 Å². The number of rotatable bonds is 6. The van der Waals surface area contributed by atoms with E-state index >= 15 is 0 Å². The predicted octanol–water partition coefficient (Wildman–Crippen LogP) is 3.06. The van der Waals surface area contributed by atoms with Crippen molar-refractivity contribution >= 4 is 34.7 Å². The first-order valence-electron chi connectivity index (χ1n) is 12.1. The lowest BCUT2D eigenvalue weighted by atomic mass is 10.1. The number of aliphatic hydroxyl groups is 1. The molecule has 3 aromatic rings. The summed E-state index contributed by atoms with van der Waals surface area (Å²) in [5.74, 6) is -0.654. The maximum atomic E-state index is 14.7. The number of nitrogens with zero attached hydrogens (tertiary/aromatic N) is 5. The van der Waals surface area contributed by atoms with E-state index in [1.54, 1.807) is 29.2 Å². The Hall–Kier alpha value is -3.76. The lowest BCUT2D eigenvalue weighted by molar-refractivity contribution is 0.0766. The molecule has 3 heterocycles. The number of benzene rings is 2. The Morgan fingerprint density at radius 3 is 2.64 bits per heavy atom. The lowest BCUT2D eigenvalue weighted by Gasteiger charge is -2.34. The molecular formula is C26H30FN7O2. The minimum atomic E-state index is -0.634. The Balaban J connectivity index is 1.33. The molecule has 3 N–H and O–H groups in total. The highest BCUT2D eigenvalue weighted by molar-refractivity contribution is 6.00. The van der Waals surface area contributed by atoms with E-state index in [0.29, 0.717) is 24.2 Å². The van der Waals surface area contributed by atoms with E-state index in [9.17, 15) is 14.3 Å². The van der Waals surface area contributed by atoms with E-state index in [-0.39, 0.29) is 24.2 Å². The number of amides is 1. The van der Waals surface area contributed by atoms with Gasteiger partial charge in [0.1, 0.15) is 0 Å². The number of likely N-dealkylation sites (N-methyl/N-ethyl adjacent to an activating group) is 1. The SMILES string of the molecule is CN1CCN(c2cccc(Nc3ncc(F)c(Nc4ccccc4C(=O)N4CC[C@@H](O)C4)n3)c2)CC1. The number of nitrogens with one attached hydrogen (secondary N) is 2. The van der Waals surface area contributed by atoms with Gasteiger partial charge >= 0.3 is 0 Å². The maximum absolute atomic E-state index is 14.7. The molecule has 0 aliphatic carbocycles. The minimum absolute atomic E-state index is 0.0376. The van der Waals surface area contributed by atoms with Crippen LogP contribution in [-0.4, -0.2) is 83.2 Å². The Morgan fingerprint density at radius 1 is 1.06 bits per heavy atom. The first-order chi connectivity index (χ1) is 17.5. The van der Waals surface area contributed by atoms with Crippen molar-refractivity contribution in [2.75, 3.05) is 61.8 Å². The quantitative estimate of drug-likeness (QED) is 0.484. The van der Waals surface area contributed by atoms with Crippen molar-refractivity contribution in [2.45, 2.75) is 12.5 Å². The highest BCUT2D eigenvalue weighted by Crippen LogP contribution is 2.26. The first-order valence-corrected chi connectivity index (χ1v) is 12.1. The molecule has 2 fully saturated rings. The van der Waals surface area contributed by atoms with Crippen LogP contribution in [0, 0.1) is 5.82 Å². The molecule has 1 aromatic heterocycles. The zero-order valence-electron chi connectivity index (χ0n) is 20.2. The Morgan fingerprint density at radius 2 is 1.86 bits per heavy atom. The fourth-order valence-corrected chi connectivity index (χ4v) is 4.49. The van der Waals surface area contributed by atoms with Crippen molar-refractivity contribution in [3.8, 4) is 0 Å². The van der Waals surface area contributed by atoms with Crippen LogP contribution >= 0.6 is 0 Å². The number of aromatic nitrogens is 2. The van der Waals surface area contributed by atoms with Crippen molar-refractivity contribution in [1.82, 2.24) is 19.8 Å². The average molecular weight is 492 g/mol. The van der Waals surface area contributed by atoms with E-state index < -0.39 is 11.9 Å². The number of β-amino-alcohol motifs (C(OH)–C–C–N with tert-alkyl or cyclic N) is 1. The molecule has 0 unspecified atom stereocenters. The first kappa shape index (κ1) is 24.0. The van der Waals surface area contributed by atoms with Crippen LogP contribution in [0.15, 0.2) is 54.7 Å². The molecule has 0 saturated carbocycles. The van der Waals surface area contributed by atoms with E-state index in [1.807, 2.05) is 18.2 Å². The number of hydrogen-bond acceptors (Lipinski definition) is 8. The summed E-state index contributed by atoms with van der Waals surface area (Å²) in [6.07, 6.45) is 1.13. The molecule has 0 bridgehead atoms. The van der Waals surface area contributed by atoms with Gasteiger partial charge in [0.25, 0.3) is 5.91 Å². The van der Waals surface area contributed by atoms with Gasteiger partial charge in [-0.2, -0.15) is 4.98 Å². The summed E-state index contributed by atoms with van der Waals surface area (Å²) >= 11 is 0. The number of anilines is 5. The molecule has 188 valence electrons. The molecule has 0 radical (unpaired) electrons. The van der Waals surface area contributed by atoms with Gasteiger partial charge in [-0.3, -0.25) is 4.79 Å². The number of likely N-dealkylation sites (tertiary alicyclic amines) is 1. The molecule has 2 aromatic carbocycles. The van der Waals surface area contributed by atoms with Gasteiger partial charge in [0.05, 0.1) is 23.6 Å². The van der Waals surface area contributed by atoms with Gasteiger partial charge in [0.15, 0.2) is 11.6 Å². The van der Waals surface area contributed by atoms with Crippen LogP contribution in [0.1, 0.15) is 16.8 Å². The Labute approximate surface area is 209 Å². The van der Waals surface area contributed by atoms with Gasteiger partial charge in [-0.05, 0) is 43.8 Å². The van der Waals surface area contributed by atoms with E-state index in [2.05, 4.69) is 43.5 Å². The predicted molar refractivity (Wildman–Crippen MR) is 138 cm³/mol. The molecular weight excluding hydrogens is 461 g/mol. The van der Waals surface area contributed by atoms with Crippen LogP contribution < -0.4 is 15.5 Å². The summed E-state index contributed by atoms with van der Waals surface area (Å²) in [7, 11) is 2.12. The van der Waals surface area contributed by atoms with Gasteiger partial charge in [-0.1, -0.05) is 18.2 Å². The third kappa shape index (κ3) is 5.39. The molecule has 1 amide bonds. The van der Waals surface area contributed by atoms with E-state index in [0.717, 1.165) is 43.8 Å². The topological polar surface area (TPSA) is 96.9 Å². The zero-order chi connectivity index (χ0) is 25.1. The number of carbonyl (C=O) groups excluding carboxylic acids is 1. The van der Waals surface area contributed by atoms with Gasteiger partial charge in [-0.25, -0.2) is 9.37 Å². The van der Waals surface area contributed by atoms with Crippen molar-refractivity contribution < 1.29 is 14.3 Å². The van der Waals surface area contributed by atoms with Gasteiger partial charge < -0.3 is 30.4 Å². The highest BCUT2D eigenvalue weighted by atomic mass is 19.1. The fraction of sp³-hybridized carbons (Fsp3) is 0.346. The summed E-state index contributed by atoms with van der Waals surface area (Å²) in [4.78, 5) is 27.7. The molecule has 0 spiro atoms. The fourth-order valence-electron chi connectivity index (χ4n) is 4.49. The van der Waals surface area contributed by atoms with Crippen molar-refractivity contribution in [3.05, 3.63) is 66.1 Å². The summed E-state index contributed by atoms with van der Waals surface area (Å²) < 4.78 is 14.7. The minimum Gasteiger partial charge on any atom is -0.391 e. The summed E-state index contributed by atoms with van der Waals surface area (Å²) in [5.41, 5.74) is 2.73. The molecule has 2 aliphatic heterocycles. The molecule has 9 nitrogen and oxygen atoms in total. The number of piperazine rings is 1. The number of halogens is 1. The number of hydrogen-bond donors (Lipinski definition) is 3. The molecule has 2 saturated heterocycles. The molecule has 2 aliphatic rings. The summed E-state index contributed by atoms with van der Waals surface area (Å²) in [6, 6.07) is 14.9. The van der Waals surface area contributed by atoms with Gasteiger partial charge in [-0.15, -0.1) is 0 Å². The normalized spacial score (nSPS) is 18.4. The zero-order valence-corrected chi connectivity index (χ0v) is 20.2. The molecule has 1 atom stereocenters. The molecule has 10 heteroatoms. The largest absolute Gasteiger partial charge is 0.391 e. The molecule has 36 heavy (non-hydrogen) atoms. The average Bonchev–Trinajstić information content (AvgIpc) is 3.33. The maximum Gasteiger partial charge on any atom is 0.256 e. The number of carbonyl (C=O) groups is 1. The second-order valence-electron chi connectivity index (χ2n) is 9.22. The Bertz CT molecular complexity index is 1230. The van der Waals surface area contributed by atoms with Gasteiger partial charge in [0, 0.05) is 50.6 Å². The van der Waals surface area contributed by atoms with Crippen molar-refractivity contribution in [1.29, 1.82) is 0 Å². The standard InChI is InChI=1S/C26H30FN7O2/c1-32-11-13-33(14-12-32)19-6-4-5-18(15-19)29-26-28-16-22(27)24(31-26)30-23-8-3-2-7-21(23)25(36)34-10-9-20(35)17-34/h2-8,15-16,20,35H,9-14,17H2,1H3,(H2,28,29,30,31)/t20-/m1/s1. The van der Waals surface area contributed by atoms with Crippen LogP contribution in [0.4, 0.5) is 33.2 Å².